The van der Waals surface area contributed by atoms with Gasteiger partial charge in [-0.2, -0.15) is 0 Å². The number of rotatable bonds is 2. The summed E-state index contributed by atoms with van der Waals surface area (Å²) < 4.78 is 0. The van der Waals surface area contributed by atoms with Gasteiger partial charge in [-0.15, -0.1) is 0 Å². The lowest BCUT2D eigenvalue weighted by Crippen LogP contribution is -2.26. The second kappa shape index (κ2) is 2.58. The van der Waals surface area contributed by atoms with Gasteiger partial charge < -0.3 is 10.8 Å². The van der Waals surface area contributed by atoms with Crippen LogP contribution in [0.2, 0.25) is 0 Å². The second-order valence-electron chi connectivity index (χ2n) is 1.38. The van der Waals surface area contributed by atoms with Crippen molar-refractivity contribution in [3.05, 3.63) is 0 Å². The summed E-state index contributed by atoms with van der Waals surface area (Å²) in [7, 11) is 0. The molecule has 0 saturated heterocycles. The van der Waals surface area contributed by atoms with E-state index in [1.165, 1.54) is 0 Å². The maximum absolute atomic E-state index is 8.59. The van der Waals surface area contributed by atoms with Crippen LogP contribution in [-0.4, -0.2) is 17.0 Å². The van der Waals surface area contributed by atoms with Gasteiger partial charge >= 0.3 is 0 Å². The van der Waals surface area contributed by atoms with Gasteiger partial charge in [-0.1, -0.05) is 6.92 Å². The molecule has 3 heteroatoms. The summed E-state index contributed by atoms with van der Waals surface area (Å²) >= 11 is 0. The normalized spacial score (nSPS) is 13.4. The van der Waals surface area contributed by atoms with Crippen LogP contribution in [0.4, 0.5) is 0 Å². The van der Waals surface area contributed by atoms with Crippen molar-refractivity contribution in [2.45, 2.75) is 19.4 Å². The molecule has 0 radical (unpaired) electrons. The first-order valence-corrected chi connectivity index (χ1v) is 2.20. The minimum Gasteiger partial charge on any atom is -0.385 e. The summed E-state index contributed by atoms with van der Waals surface area (Å²) in [6, 6.07) is 0. The maximum Gasteiger partial charge on any atom is 0.120 e. The van der Waals surface area contributed by atoms with Crippen LogP contribution in [0.15, 0.2) is 0 Å². The zero-order chi connectivity index (χ0) is 5.86. The van der Waals surface area contributed by atoms with Gasteiger partial charge in [-0.05, 0) is 6.42 Å². The molecule has 42 valence electrons. The number of nitrogens with one attached hydrogen (secondary N) is 1. The van der Waals surface area contributed by atoms with Crippen LogP contribution < -0.4 is 5.73 Å². The highest BCUT2D eigenvalue weighted by molar-refractivity contribution is 5.81. The number of nitrogens with two attached hydrogens (primary N) is 1. The zero-order valence-electron chi connectivity index (χ0n) is 4.31. The van der Waals surface area contributed by atoms with Gasteiger partial charge in [0.1, 0.15) is 11.9 Å². The number of aliphatic hydroxyl groups is 1. The van der Waals surface area contributed by atoms with Crippen molar-refractivity contribution in [2.24, 2.45) is 5.73 Å². The molecule has 0 aromatic carbocycles. The zero-order valence-corrected chi connectivity index (χ0v) is 4.31. The third-order valence-corrected chi connectivity index (χ3v) is 0.746. The molecule has 0 aliphatic heterocycles. The molecule has 0 aliphatic rings. The van der Waals surface area contributed by atoms with Gasteiger partial charge in [-0.25, -0.2) is 0 Å². The summed E-state index contributed by atoms with van der Waals surface area (Å²) in [6.07, 6.45) is -0.213. The van der Waals surface area contributed by atoms with Gasteiger partial charge in [0, 0.05) is 0 Å². The largest absolute Gasteiger partial charge is 0.385 e. The number of amidine groups is 1. The SMILES string of the molecule is CC[C@H](O)C(=N)N. The summed E-state index contributed by atoms with van der Waals surface area (Å²) in [5.41, 5.74) is 4.88. The van der Waals surface area contributed by atoms with E-state index >= 15 is 0 Å². The summed E-state index contributed by atoms with van der Waals surface area (Å²) in [5, 5.41) is 15.2. The fourth-order valence-corrected chi connectivity index (χ4v) is 0.220. The van der Waals surface area contributed by atoms with E-state index in [2.05, 4.69) is 0 Å². The second-order valence-corrected chi connectivity index (χ2v) is 1.38. The van der Waals surface area contributed by atoms with Crippen LogP contribution in [0.25, 0.3) is 0 Å². The van der Waals surface area contributed by atoms with Crippen molar-refractivity contribution in [1.82, 2.24) is 0 Å². The number of hydrogen-bond acceptors (Lipinski definition) is 2. The molecule has 0 heterocycles. The highest BCUT2D eigenvalue weighted by Gasteiger charge is 2.00. The lowest BCUT2D eigenvalue weighted by molar-refractivity contribution is 0.235. The molecule has 1 atom stereocenters. The van der Waals surface area contributed by atoms with Crippen LogP contribution in [-0.2, 0) is 0 Å². The minimum atomic E-state index is -0.736. The Labute approximate surface area is 42.7 Å². The molecule has 3 nitrogen and oxygen atoms in total. The summed E-state index contributed by atoms with van der Waals surface area (Å²) in [4.78, 5) is 0. The quantitative estimate of drug-likeness (QED) is 0.330. The highest BCUT2D eigenvalue weighted by Crippen LogP contribution is 1.84. The molecule has 0 aromatic heterocycles. The van der Waals surface area contributed by atoms with Gasteiger partial charge in [0.15, 0.2) is 0 Å². The molecule has 0 unspecified atom stereocenters. The Morgan fingerprint density at radius 3 is 2.43 bits per heavy atom. The van der Waals surface area contributed by atoms with Gasteiger partial charge in [0.05, 0.1) is 0 Å². The summed E-state index contributed by atoms with van der Waals surface area (Å²) in [5.74, 6) is -0.150. The Hall–Kier alpha value is -0.570. The van der Waals surface area contributed by atoms with Gasteiger partial charge in [0.25, 0.3) is 0 Å². The van der Waals surface area contributed by atoms with Gasteiger partial charge in [0.2, 0.25) is 0 Å². The van der Waals surface area contributed by atoms with Crippen molar-refractivity contribution < 1.29 is 5.11 Å². The molecule has 7 heavy (non-hydrogen) atoms. The van der Waals surface area contributed by atoms with Crippen LogP contribution in [0, 0.1) is 5.41 Å². The van der Waals surface area contributed by atoms with Crippen molar-refractivity contribution in [3.63, 3.8) is 0 Å². The Morgan fingerprint density at radius 2 is 2.43 bits per heavy atom. The van der Waals surface area contributed by atoms with E-state index in [4.69, 9.17) is 16.2 Å². The van der Waals surface area contributed by atoms with E-state index < -0.39 is 6.10 Å². The van der Waals surface area contributed by atoms with E-state index in [0.29, 0.717) is 6.42 Å². The van der Waals surface area contributed by atoms with Crippen LogP contribution in [0.5, 0.6) is 0 Å². The van der Waals surface area contributed by atoms with E-state index in [9.17, 15) is 0 Å². The molecule has 0 bridgehead atoms. The average molecular weight is 102 g/mol. The van der Waals surface area contributed by atoms with Crippen LogP contribution in [0.3, 0.4) is 0 Å². The minimum absolute atomic E-state index is 0.150. The Morgan fingerprint density at radius 1 is 2.00 bits per heavy atom. The third kappa shape index (κ3) is 2.17. The fraction of sp³-hybridized carbons (Fsp3) is 0.750. The monoisotopic (exact) mass is 102 g/mol. The Kier molecular flexibility index (Phi) is 2.37. The average Bonchev–Trinajstić information content (AvgIpc) is 1.65. The Balaban J connectivity index is 3.34. The first-order chi connectivity index (χ1) is 3.18. The first kappa shape index (κ1) is 6.43. The molecule has 0 rings (SSSR count). The van der Waals surface area contributed by atoms with Crippen LogP contribution >= 0.6 is 0 Å². The van der Waals surface area contributed by atoms with Crippen molar-refractivity contribution in [1.29, 1.82) is 5.41 Å². The molecule has 0 aliphatic carbocycles. The van der Waals surface area contributed by atoms with Crippen molar-refractivity contribution in [2.75, 3.05) is 0 Å². The number of aliphatic hydroxyl groups excluding tert-OH is 1. The van der Waals surface area contributed by atoms with Crippen LogP contribution in [0.1, 0.15) is 13.3 Å². The molecule has 0 aromatic rings. The predicted molar refractivity (Wildman–Crippen MR) is 28.2 cm³/mol. The predicted octanol–water partition coefficient (Wildman–Crippen LogP) is -0.307. The topological polar surface area (TPSA) is 70.1 Å². The molecule has 0 spiro atoms. The molecular formula is C4H10N2O. The third-order valence-electron chi connectivity index (χ3n) is 0.746. The molecule has 0 fully saturated rings. The lowest BCUT2D eigenvalue weighted by atomic mass is 10.3. The summed E-state index contributed by atoms with van der Waals surface area (Å²) in [6.45, 7) is 1.77. The lowest BCUT2D eigenvalue weighted by Gasteiger charge is -2.01. The van der Waals surface area contributed by atoms with E-state index in [1.54, 1.807) is 6.92 Å². The van der Waals surface area contributed by atoms with E-state index in [-0.39, 0.29) is 5.84 Å². The highest BCUT2D eigenvalue weighted by atomic mass is 16.3. The smallest absolute Gasteiger partial charge is 0.120 e. The molecule has 0 amide bonds. The van der Waals surface area contributed by atoms with Crippen molar-refractivity contribution >= 4 is 5.84 Å². The molecule has 4 N–H and O–H groups in total. The fourth-order valence-electron chi connectivity index (χ4n) is 0.220. The Bertz CT molecular complexity index is 72.1. The van der Waals surface area contributed by atoms with Crippen molar-refractivity contribution in [3.8, 4) is 0 Å². The van der Waals surface area contributed by atoms with E-state index in [1.807, 2.05) is 0 Å². The maximum atomic E-state index is 8.59. The number of hydrogen-bond donors (Lipinski definition) is 3. The first-order valence-electron chi connectivity index (χ1n) is 2.20. The van der Waals surface area contributed by atoms with E-state index in [0.717, 1.165) is 0 Å². The standard InChI is InChI=1S/C4H10N2O/c1-2-3(7)4(5)6/h3,7H,2H2,1H3,(H3,5,6)/t3-/m0/s1. The molecular weight excluding hydrogens is 92.1 g/mol. The molecule has 0 saturated carbocycles. The van der Waals surface area contributed by atoms with Gasteiger partial charge in [-0.3, -0.25) is 5.41 Å².